The molecule has 88 valence electrons. The molecule has 0 spiro atoms. The van der Waals surface area contributed by atoms with Crippen molar-refractivity contribution in [2.45, 2.75) is 18.3 Å². The molecule has 0 atom stereocenters. The third-order valence-electron chi connectivity index (χ3n) is 3.07. The lowest BCUT2D eigenvalue weighted by Gasteiger charge is -2.42. The monoisotopic (exact) mass is 244 g/mol. The molecule has 1 aromatic carbocycles. The SMILES string of the molecule is OCCCC1(c2cc(Cl)ccc2F)COC1. The number of benzene rings is 1. The van der Waals surface area contributed by atoms with E-state index in [9.17, 15) is 4.39 Å². The van der Waals surface area contributed by atoms with Crippen LogP contribution in [0.5, 0.6) is 0 Å². The van der Waals surface area contributed by atoms with Gasteiger partial charge in [0.05, 0.1) is 13.2 Å². The summed E-state index contributed by atoms with van der Waals surface area (Å²) in [5, 5.41) is 9.39. The molecule has 16 heavy (non-hydrogen) atoms. The van der Waals surface area contributed by atoms with Crippen molar-refractivity contribution in [1.82, 2.24) is 0 Å². The maximum atomic E-state index is 13.7. The number of rotatable bonds is 4. The first-order valence-corrected chi connectivity index (χ1v) is 5.70. The van der Waals surface area contributed by atoms with E-state index < -0.39 is 0 Å². The zero-order chi connectivity index (χ0) is 11.6. The van der Waals surface area contributed by atoms with Gasteiger partial charge >= 0.3 is 0 Å². The van der Waals surface area contributed by atoms with E-state index in [-0.39, 0.29) is 17.8 Å². The largest absolute Gasteiger partial charge is 0.396 e. The second-order valence-electron chi connectivity index (χ2n) is 4.22. The summed E-state index contributed by atoms with van der Waals surface area (Å²) in [5.41, 5.74) is 0.317. The highest BCUT2D eigenvalue weighted by Crippen LogP contribution is 2.39. The van der Waals surface area contributed by atoms with Gasteiger partial charge in [-0.25, -0.2) is 4.39 Å². The summed E-state index contributed by atoms with van der Waals surface area (Å²) in [6.45, 7) is 1.12. The molecule has 0 radical (unpaired) electrons. The van der Waals surface area contributed by atoms with Gasteiger partial charge in [0.1, 0.15) is 5.82 Å². The maximum Gasteiger partial charge on any atom is 0.127 e. The zero-order valence-corrected chi connectivity index (χ0v) is 9.63. The Labute approximate surface area is 99.0 Å². The van der Waals surface area contributed by atoms with Crippen LogP contribution in [0.4, 0.5) is 4.39 Å². The van der Waals surface area contributed by atoms with E-state index in [2.05, 4.69) is 0 Å². The smallest absolute Gasteiger partial charge is 0.127 e. The predicted octanol–water partition coefficient (Wildman–Crippen LogP) is 2.52. The minimum absolute atomic E-state index is 0.115. The van der Waals surface area contributed by atoms with E-state index in [1.807, 2.05) is 0 Å². The van der Waals surface area contributed by atoms with E-state index in [1.54, 1.807) is 12.1 Å². The lowest BCUT2D eigenvalue weighted by Crippen LogP contribution is -2.47. The van der Waals surface area contributed by atoms with Crippen LogP contribution >= 0.6 is 11.6 Å². The fourth-order valence-corrected chi connectivity index (χ4v) is 2.28. The van der Waals surface area contributed by atoms with Crippen molar-refractivity contribution in [2.75, 3.05) is 19.8 Å². The van der Waals surface area contributed by atoms with E-state index in [0.29, 0.717) is 30.2 Å². The molecule has 1 heterocycles. The maximum absolute atomic E-state index is 13.7. The fourth-order valence-electron chi connectivity index (χ4n) is 2.10. The number of hydrogen-bond acceptors (Lipinski definition) is 2. The fraction of sp³-hybridized carbons (Fsp3) is 0.500. The van der Waals surface area contributed by atoms with E-state index >= 15 is 0 Å². The Balaban J connectivity index is 2.28. The highest BCUT2D eigenvalue weighted by Gasteiger charge is 2.41. The molecule has 4 heteroatoms. The lowest BCUT2D eigenvalue weighted by molar-refractivity contribution is -0.0680. The molecule has 2 rings (SSSR count). The first kappa shape index (κ1) is 11.8. The highest BCUT2D eigenvalue weighted by molar-refractivity contribution is 6.30. The first-order chi connectivity index (χ1) is 7.68. The molecule has 1 aliphatic rings. The number of aliphatic hydroxyl groups excluding tert-OH is 1. The lowest BCUT2D eigenvalue weighted by atomic mass is 9.75. The van der Waals surface area contributed by atoms with Gasteiger partial charge in [-0.15, -0.1) is 0 Å². The van der Waals surface area contributed by atoms with Crippen LogP contribution in [0.25, 0.3) is 0 Å². The van der Waals surface area contributed by atoms with Gasteiger partial charge in [-0.3, -0.25) is 0 Å². The summed E-state index contributed by atoms with van der Waals surface area (Å²) >= 11 is 5.88. The van der Waals surface area contributed by atoms with Gasteiger partial charge < -0.3 is 9.84 Å². The topological polar surface area (TPSA) is 29.5 Å². The van der Waals surface area contributed by atoms with Crippen molar-refractivity contribution in [1.29, 1.82) is 0 Å². The Morgan fingerprint density at radius 1 is 1.44 bits per heavy atom. The molecule has 0 saturated carbocycles. The average Bonchev–Trinajstić information content (AvgIpc) is 2.21. The second-order valence-corrected chi connectivity index (χ2v) is 4.66. The summed E-state index contributed by atoms with van der Waals surface area (Å²) in [5.74, 6) is -0.245. The number of ether oxygens (including phenoxy) is 1. The van der Waals surface area contributed by atoms with Crippen molar-refractivity contribution in [3.05, 3.63) is 34.6 Å². The quantitative estimate of drug-likeness (QED) is 0.882. The summed E-state index contributed by atoms with van der Waals surface area (Å²) in [4.78, 5) is 0. The van der Waals surface area contributed by atoms with Crippen LogP contribution in [0, 0.1) is 5.82 Å². The molecule has 2 nitrogen and oxygen atoms in total. The second kappa shape index (κ2) is 4.70. The predicted molar refractivity (Wildman–Crippen MR) is 60.2 cm³/mol. The third-order valence-corrected chi connectivity index (χ3v) is 3.31. The van der Waals surface area contributed by atoms with Gasteiger partial charge in [0.2, 0.25) is 0 Å². The minimum Gasteiger partial charge on any atom is -0.396 e. The minimum atomic E-state index is -0.294. The van der Waals surface area contributed by atoms with Crippen LogP contribution in [0.3, 0.4) is 0 Å². The number of aliphatic hydroxyl groups is 1. The molecule has 0 aliphatic carbocycles. The molecule has 1 aromatic rings. The summed E-state index contributed by atoms with van der Waals surface area (Å²) in [7, 11) is 0. The van der Waals surface area contributed by atoms with Crippen molar-refractivity contribution < 1.29 is 14.2 Å². The van der Waals surface area contributed by atoms with Crippen LogP contribution < -0.4 is 0 Å². The van der Waals surface area contributed by atoms with Gasteiger partial charge in [0.25, 0.3) is 0 Å². The van der Waals surface area contributed by atoms with E-state index in [4.69, 9.17) is 21.4 Å². The van der Waals surface area contributed by atoms with Crippen LogP contribution in [0.2, 0.25) is 5.02 Å². The Bertz CT molecular complexity index is 377. The van der Waals surface area contributed by atoms with Gasteiger partial charge in [-0.2, -0.15) is 0 Å². The van der Waals surface area contributed by atoms with Gasteiger partial charge in [0, 0.05) is 22.6 Å². The van der Waals surface area contributed by atoms with Crippen molar-refractivity contribution >= 4 is 11.6 Å². The summed E-state index contributed by atoms with van der Waals surface area (Å²) in [6.07, 6.45) is 1.37. The van der Waals surface area contributed by atoms with Crippen LogP contribution in [0.15, 0.2) is 18.2 Å². The van der Waals surface area contributed by atoms with Crippen LogP contribution in [-0.4, -0.2) is 24.9 Å². The highest BCUT2D eigenvalue weighted by atomic mass is 35.5. The van der Waals surface area contributed by atoms with Gasteiger partial charge in [-0.05, 0) is 31.0 Å². The summed E-state index contributed by atoms with van der Waals surface area (Å²) in [6, 6.07) is 4.59. The molecule has 0 bridgehead atoms. The Morgan fingerprint density at radius 3 is 2.75 bits per heavy atom. The molecular formula is C12H14ClFO2. The summed E-state index contributed by atoms with van der Waals surface area (Å²) < 4.78 is 18.9. The van der Waals surface area contributed by atoms with Crippen molar-refractivity contribution in [3.63, 3.8) is 0 Å². The Hall–Kier alpha value is -0.640. The van der Waals surface area contributed by atoms with Crippen LogP contribution in [0.1, 0.15) is 18.4 Å². The Kier molecular flexibility index (Phi) is 3.47. The molecule has 1 aliphatic heterocycles. The zero-order valence-electron chi connectivity index (χ0n) is 8.88. The molecule has 0 aromatic heterocycles. The first-order valence-electron chi connectivity index (χ1n) is 5.32. The van der Waals surface area contributed by atoms with Gasteiger partial charge in [-0.1, -0.05) is 11.6 Å². The molecule has 1 N–H and O–H groups in total. The van der Waals surface area contributed by atoms with Crippen molar-refractivity contribution in [3.8, 4) is 0 Å². The number of halogens is 2. The standard InChI is InChI=1S/C12H14ClFO2/c13-9-2-3-11(14)10(6-9)12(4-1-5-15)7-16-8-12/h2-3,6,15H,1,4-5,7-8H2. The average molecular weight is 245 g/mol. The molecule has 0 unspecified atom stereocenters. The normalized spacial score (nSPS) is 18.2. The molecule has 1 fully saturated rings. The number of hydrogen-bond donors (Lipinski definition) is 1. The third kappa shape index (κ3) is 2.08. The van der Waals surface area contributed by atoms with Crippen LogP contribution in [-0.2, 0) is 10.2 Å². The molecular weight excluding hydrogens is 231 g/mol. The molecule has 1 saturated heterocycles. The van der Waals surface area contributed by atoms with Gasteiger partial charge in [0.15, 0.2) is 0 Å². The molecule has 0 amide bonds. The van der Waals surface area contributed by atoms with E-state index in [1.165, 1.54) is 6.07 Å². The van der Waals surface area contributed by atoms with Crippen molar-refractivity contribution in [2.24, 2.45) is 0 Å². The Morgan fingerprint density at radius 2 is 2.19 bits per heavy atom. The van der Waals surface area contributed by atoms with E-state index in [0.717, 1.165) is 6.42 Å².